The molecule has 3 rings (SSSR count). The van der Waals surface area contributed by atoms with Crippen molar-refractivity contribution in [2.75, 3.05) is 19.7 Å². The fraction of sp³-hybridized carbons (Fsp3) is 0.588. The van der Waals surface area contributed by atoms with Gasteiger partial charge in [-0.2, -0.15) is 0 Å². The SMILES string of the molecule is CC(c1cccc2c1CCO2)C(C)(C(N)=O)C1CCNC1. The lowest BCUT2D eigenvalue weighted by Crippen LogP contribution is -2.45. The summed E-state index contributed by atoms with van der Waals surface area (Å²) in [6.07, 6.45) is 1.93. The van der Waals surface area contributed by atoms with E-state index in [0.29, 0.717) is 5.92 Å². The van der Waals surface area contributed by atoms with Gasteiger partial charge >= 0.3 is 0 Å². The molecule has 4 heteroatoms. The van der Waals surface area contributed by atoms with Gasteiger partial charge in [0.2, 0.25) is 5.91 Å². The van der Waals surface area contributed by atoms with Gasteiger partial charge in [-0.25, -0.2) is 0 Å². The highest BCUT2D eigenvalue weighted by Crippen LogP contribution is 2.46. The van der Waals surface area contributed by atoms with Crippen LogP contribution in [0.25, 0.3) is 0 Å². The van der Waals surface area contributed by atoms with E-state index in [1.807, 2.05) is 19.1 Å². The molecule has 0 saturated carbocycles. The summed E-state index contributed by atoms with van der Waals surface area (Å²) in [5, 5.41) is 3.36. The van der Waals surface area contributed by atoms with Crippen LogP contribution in [0.1, 0.15) is 37.3 Å². The van der Waals surface area contributed by atoms with Gasteiger partial charge in [-0.05, 0) is 49.9 Å². The number of nitrogens with one attached hydrogen (secondary N) is 1. The first kappa shape index (κ1) is 14.4. The van der Waals surface area contributed by atoms with Crippen LogP contribution in [-0.2, 0) is 11.2 Å². The average Bonchev–Trinajstić information content (AvgIpc) is 3.15. The Morgan fingerprint density at radius 2 is 2.33 bits per heavy atom. The van der Waals surface area contributed by atoms with E-state index in [2.05, 4.69) is 18.3 Å². The molecule has 21 heavy (non-hydrogen) atoms. The van der Waals surface area contributed by atoms with Gasteiger partial charge in [-0.15, -0.1) is 0 Å². The van der Waals surface area contributed by atoms with Gasteiger partial charge in [0.1, 0.15) is 5.75 Å². The van der Waals surface area contributed by atoms with E-state index in [-0.39, 0.29) is 11.8 Å². The molecular formula is C17H24N2O2. The predicted octanol–water partition coefficient (Wildman–Crippen LogP) is 1.83. The predicted molar refractivity (Wildman–Crippen MR) is 82.3 cm³/mol. The summed E-state index contributed by atoms with van der Waals surface area (Å²) in [7, 11) is 0. The second-order valence-electron chi connectivity index (χ2n) is 6.48. The first-order valence-corrected chi connectivity index (χ1v) is 7.80. The third kappa shape index (κ3) is 2.22. The highest BCUT2D eigenvalue weighted by molar-refractivity contribution is 5.82. The maximum absolute atomic E-state index is 12.3. The van der Waals surface area contributed by atoms with Crippen molar-refractivity contribution in [2.45, 2.75) is 32.6 Å². The molecule has 0 spiro atoms. The standard InChI is InChI=1S/C17H24N2O2/c1-11(13-4-3-5-15-14(13)7-9-21-15)17(2,16(18)20)12-6-8-19-10-12/h3-5,11-12,19H,6-10H2,1-2H3,(H2,18,20). The Bertz CT molecular complexity index is 552. The molecule has 2 aliphatic rings. The van der Waals surface area contributed by atoms with E-state index < -0.39 is 5.41 Å². The summed E-state index contributed by atoms with van der Waals surface area (Å²) in [5.41, 5.74) is 7.78. The zero-order chi connectivity index (χ0) is 15.0. The summed E-state index contributed by atoms with van der Waals surface area (Å²) in [6, 6.07) is 6.16. The third-order valence-electron chi connectivity index (χ3n) is 5.58. The maximum Gasteiger partial charge on any atom is 0.224 e. The van der Waals surface area contributed by atoms with Gasteiger partial charge in [0.15, 0.2) is 0 Å². The molecule has 0 bridgehead atoms. The van der Waals surface area contributed by atoms with Crippen LogP contribution in [0, 0.1) is 11.3 Å². The third-order valence-corrected chi connectivity index (χ3v) is 5.58. The number of hydrogen-bond acceptors (Lipinski definition) is 3. The lowest BCUT2D eigenvalue weighted by molar-refractivity contribution is -0.130. The number of carbonyl (C=O) groups excluding carboxylic acids is 1. The van der Waals surface area contributed by atoms with E-state index in [0.717, 1.165) is 38.3 Å². The second-order valence-corrected chi connectivity index (χ2v) is 6.48. The number of rotatable bonds is 4. The van der Waals surface area contributed by atoms with Gasteiger partial charge in [-0.1, -0.05) is 19.1 Å². The van der Waals surface area contributed by atoms with E-state index in [9.17, 15) is 4.79 Å². The van der Waals surface area contributed by atoms with Crippen LogP contribution in [0.2, 0.25) is 0 Å². The molecule has 1 saturated heterocycles. The zero-order valence-electron chi connectivity index (χ0n) is 12.8. The van der Waals surface area contributed by atoms with Crippen molar-refractivity contribution < 1.29 is 9.53 Å². The minimum absolute atomic E-state index is 0.0940. The van der Waals surface area contributed by atoms with Crippen molar-refractivity contribution in [1.82, 2.24) is 5.32 Å². The number of carbonyl (C=O) groups is 1. The minimum Gasteiger partial charge on any atom is -0.493 e. The summed E-state index contributed by atoms with van der Waals surface area (Å²) in [5.74, 6) is 1.16. The van der Waals surface area contributed by atoms with Crippen molar-refractivity contribution in [3.63, 3.8) is 0 Å². The normalized spacial score (nSPS) is 25.0. The number of primary amides is 1. The molecule has 114 valence electrons. The smallest absolute Gasteiger partial charge is 0.224 e. The summed E-state index contributed by atoms with van der Waals surface area (Å²) in [6.45, 7) is 6.74. The van der Waals surface area contributed by atoms with Crippen molar-refractivity contribution in [3.05, 3.63) is 29.3 Å². The van der Waals surface area contributed by atoms with Gasteiger partial charge in [0.25, 0.3) is 0 Å². The number of nitrogens with two attached hydrogens (primary N) is 1. The Balaban J connectivity index is 2.00. The van der Waals surface area contributed by atoms with Crippen LogP contribution in [0.5, 0.6) is 5.75 Å². The Kier molecular flexibility index (Phi) is 3.66. The summed E-state index contributed by atoms with van der Waals surface area (Å²) >= 11 is 0. The van der Waals surface area contributed by atoms with E-state index >= 15 is 0 Å². The molecule has 1 aromatic carbocycles. The fourth-order valence-electron chi connectivity index (χ4n) is 3.91. The lowest BCUT2D eigenvalue weighted by Gasteiger charge is -2.38. The monoisotopic (exact) mass is 288 g/mol. The molecule has 3 atom stereocenters. The van der Waals surface area contributed by atoms with E-state index in [1.54, 1.807) is 0 Å². The molecule has 0 aromatic heterocycles. The fourth-order valence-corrected chi connectivity index (χ4v) is 3.91. The molecule has 2 aliphatic heterocycles. The van der Waals surface area contributed by atoms with Gasteiger partial charge < -0.3 is 15.8 Å². The van der Waals surface area contributed by atoms with Crippen LogP contribution in [-0.4, -0.2) is 25.6 Å². The van der Waals surface area contributed by atoms with Crippen molar-refractivity contribution in [3.8, 4) is 5.75 Å². The molecule has 1 fully saturated rings. The van der Waals surface area contributed by atoms with Gasteiger partial charge in [-0.3, -0.25) is 4.79 Å². The largest absolute Gasteiger partial charge is 0.493 e. The number of hydrogen-bond donors (Lipinski definition) is 2. The Morgan fingerprint density at radius 3 is 3.00 bits per heavy atom. The van der Waals surface area contributed by atoms with Crippen LogP contribution < -0.4 is 15.8 Å². The quantitative estimate of drug-likeness (QED) is 0.888. The highest BCUT2D eigenvalue weighted by Gasteiger charge is 2.46. The molecule has 2 heterocycles. The van der Waals surface area contributed by atoms with Crippen LogP contribution in [0.3, 0.4) is 0 Å². The Labute approximate surface area is 126 Å². The first-order chi connectivity index (χ1) is 10.0. The average molecular weight is 288 g/mol. The van der Waals surface area contributed by atoms with Crippen molar-refractivity contribution >= 4 is 5.91 Å². The van der Waals surface area contributed by atoms with E-state index in [1.165, 1.54) is 11.1 Å². The Hall–Kier alpha value is -1.55. The number of benzene rings is 1. The zero-order valence-corrected chi connectivity index (χ0v) is 12.8. The molecule has 4 nitrogen and oxygen atoms in total. The summed E-state index contributed by atoms with van der Waals surface area (Å²) in [4.78, 5) is 12.3. The van der Waals surface area contributed by atoms with Gasteiger partial charge in [0, 0.05) is 12.0 Å². The van der Waals surface area contributed by atoms with E-state index in [4.69, 9.17) is 10.5 Å². The van der Waals surface area contributed by atoms with Crippen molar-refractivity contribution in [1.29, 1.82) is 0 Å². The van der Waals surface area contributed by atoms with Gasteiger partial charge in [0.05, 0.1) is 12.0 Å². The van der Waals surface area contributed by atoms with Crippen LogP contribution in [0.15, 0.2) is 18.2 Å². The molecule has 0 radical (unpaired) electrons. The highest BCUT2D eigenvalue weighted by atomic mass is 16.5. The molecule has 3 N–H and O–H groups in total. The molecule has 0 aliphatic carbocycles. The lowest BCUT2D eigenvalue weighted by atomic mass is 9.64. The number of fused-ring (bicyclic) bond motifs is 1. The maximum atomic E-state index is 12.3. The molecule has 3 unspecified atom stereocenters. The number of amides is 1. The van der Waals surface area contributed by atoms with Crippen LogP contribution in [0.4, 0.5) is 0 Å². The Morgan fingerprint density at radius 1 is 1.52 bits per heavy atom. The summed E-state index contributed by atoms with van der Waals surface area (Å²) < 4.78 is 5.66. The first-order valence-electron chi connectivity index (χ1n) is 7.80. The topological polar surface area (TPSA) is 64.3 Å². The molecule has 1 aromatic rings. The van der Waals surface area contributed by atoms with Crippen LogP contribution >= 0.6 is 0 Å². The number of ether oxygens (including phenoxy) is 1. The molecule has 1 amide bonds. The molecular weight excluding hydrogens is 264 g/mol. The minimum atomic E-state index is -0.527. The van der Waals surface area contributed by atoms with Crippen molar-refractivity contribution in [2.24, 2.45) is 17.1 Å². The second kappa shape index (κ2) is 5.34.